The van der Waals surface area contributed by atoms with Crippen molar-refractivity contribution in [1.29, 1.82) is 0 Å². The zero-order chi connectivity index (χ0) is 13.2. The van der Waals surface area contributed by atoms with Crippen molar-refractivity contribution in [3.05, 3.63) is 16.1 Å². The summed E-state index contributed by atoms with van der Waals surface area (Å²) in [5, 5.41) is 6.47. The van der Waals surface area contributed by atoms with Crippen LogP contribution in [-0.4, -0.2) is 34.9 Å². The smallest absolute Gasteiger partial charge is 0.223 e. The predicted octanol–water partition coefficient (Wildman–Crippen LogP) is 1.94. The average Bonchev–Trinajstić information content (AvgIpc) is 3.15. The summed E-state index contributed by atoms with van der Waals surface area (Å²) in [6.07, 6.45) is 4.45. The van der Waals surface area contributed by atoms with Gasteiger partial charge in [0.05, 0.1) is 10.7 Å². The van der Waals surface area contributed by atoms with Gasteiger partial charge in [0.2, 0.25) is 5.91 Å². The lowest BCUT2D eigenvalue weighted by Gasteiger charge is -2.32. The quantitative estimate of drug-likeness (QED) is 0.916. The molecule has 1 aromatic rings. The Bertz CT molecular complexity index is 455. The van der Waals surface area contributed by atoms with Crippen LogP contribution in [0.5, 0.6) is 0 Å². The molecule has 0 spiro atoms. The largest absolute Gasteiger partial charge is 0.352 e. The lowest BCUT2D eigenvalue weighted by molar-refractivity contribution is -0.123. The number of nitrogens with one attached hydrogen (secondary N) is 1. The van der Waals surface area contributed by atoms with Crippen molar-refractivity contribution in [2.75, 3.05) is 13.1 Å². The van der Waals surface area contributed by atoms with Gasteiger partial charge < -0.3 is 5.32 Å². The number of rotatable bonds is 4. The number of thiazole rings is 1. The van der Waals surface area contributed by atoms with Gasteiger partial charge in [0.25, 0.3) is 0 Å². The van der Waals surface area contributed by atoms with E-state index >= 15 is 0 Å². The van der Waals surface area contributed by atoms with Crippen LogP contribution in [0, 0.1) is 12.8 Å². The van der Waals surface area contributed by atoms with E-state index in [1.807, 2.05) is 6.92 Å². The molecule has 2 aliphatic rings. The number of hydrogen-bond donors (Lipinski definition) is 1. The molecule has 1 atom stereocenters. The molecule has 1 aliphatic carbocycles. The zero-order valence-electron chi connectivity index (χ0n) is 11.4. The number of aromatic nitrogens is 1. The first kappa shape index (κ1) is 13.1. The Hall–Kier alpha value is -0.940. The van der Waals surface area contributed by atoms with E-state index in [9.17, 15) is 4.79 Å². The molecular weight excluding hydrogens is 258 g/mol. The summed E-state index contributed by atoms with van der Waals surface area (Å²) in [4.78, 5) is 18.7. The van der Waals surface area contributed by atoms with E-state index in [1.165, 1.54) is 6.42 Å². The third-order valence-corrected chi connectivity index (χ3v) is 4.67. The van der Waals surface area contributed by atoms with Crippen LogP contribution < -0.4 is 5.32 Å². The maximum Gasteiger partial charge on any atom is 0.223 e. The summed E-state index contributed by atoms with van der Waals surface area (Å²) in [7, 11) is 0. The summed E-state index contributed by atoms with van der Waals surface area (Å²) in [6, 6.07) is 0.335. The van der Waals surface area contributed by atoms with E-state index in [1.54, 1.807) is 11.3 Å². The van der Waals surface area contributed by atoms with Crippen LogP contribution in [0.2, 0.25) is 0 Å². The Morgan fingerprint density at radius 1 is 1.53 bits per heavy atom. The van der Waals surface area contributed by atoms with Gasteiger partial charge in [-0.3, -0.25) is 9.69 Å². The number of carbonyl (C=O) groups is 1. The Balaban J connectivity index is 1.51. The molecule has 1 N–H and O–H groups in total. The summed E-state index contributed by atoms with van der Waals surface area (Å²) in [6.45, 7) is 5.05. The standard InChI is InChI=1S/C14H21N3OS/c1-10-15-13(9-19-10)8-17-6-2-3-12(7-17)16-14(18)11-4-5-11/h9,11-12H,2-8H2,1H3,(H,16,18). The first-order valence-electron chi connectivity index (χ1n) is 7.14. The Labute approximate surface area is 118 Å². The Morgan fingerprint density at radius 2 is 2.37 bits per heavy atom. The molecule has 2 fully saturated rings. The lowest BCUT2D eigenvalue weighted by atomic mass is 10.1. The van der Waals surface area contributed by atoms with Crippen molar-refractivity contribution >= 4 is 17.2 Å². The number of nitrogens with zero attached hydrogens (tertiary/aromatic N) is 2. The lowest BCUT2D eigenvalue weighted by Crippen LogP contribution is -2.47. The van der Waals surface area contributed by atoms with E-state index in [4.69, 9.17) is 0 Å². The van der Waals surface area contributed by atoms with E-state index in [0.29, 0.717) is 12.0 Å². The average molecular weight is 279 g/mol. The monoisotopic (exact) mass is 279 g/mol. The third-order valence-electron chi connectivity index (χ3n) is 3.85. The van der Waals surface area contributed by atoms with E-state index in [0.717, 1.165) is 49.6 Å². The highest BCUT2D eigenvalue weighted by molar-refractivity contribution is 7.09. The van der Waals surface area contributed by atoms with Crippen LogP contribution in [0.4, 0.5) is 0 Å². The van der Waals surface area contributed by atoms with Crippen LogP contribution in [0.25, 0.3) is 0 Å². The fraction of sp³-hybridized carbons (Fsp3) is 0.714. The van der Waals surface area contributed by atoms with Crippen LogP contribution in [-0.2, 0) is 11.3 Å². The first-order chi connectivity index (χ1) is 9.20. The first-order valence-corrected chi connectivity index (χ1v) is 8.02. The fourth-order valence-electron chi connectivity index (χ4n) is 2.69. The molecule has 1 aliphatic heterocycles. The van der Waals surface area contributed by atoms with E-state index in [2.05, 4.69) is 20.6 Å². The normalized spacial score (nSPS) is 24.4. The van der Waals surface area contributed by atoms with Crippen molar-refractivity contribution < 1.29 is 4.79 Å². The topological polar surface area (TPSA) is 45.2 Å². The second-order valence-corrected chi connectivity index (χ2v) is 6.78. The van der Waals surface area contributed by atoms with E-state index < -0.39 is 0 Å². The highest BCUT2D eigenvalue weighted by Crippen LogP contribution is 2.29. The van der Waals surface area contributed by atoms with Gasteiger partial charge in [-0.2, -0.15) is 0 Å². The van der Waals surface area contributed by atoms with Crippen LogP contribution in [0.3, 0.4) is 0 Å². The maximum atomic E-state index is 11.8. The molecule has 1 amide bonds. The highest BCUT2D eigenvalue weighted by atomic mass is 32.1. The second kappa shape index (κ2) is 5.59. The van der Waals surface area contributed by atoms with Crippen molar-refractivity contribution in [2.45, 2.75) is 45.2 Å². The molecule has 104 valence electrons. The summed E-state index contributed by atoms with van der Waals surface area (Å²) < 4.78 is 0. The fourth-order valence-corrected chi connectivity index (χ4v) is 3.30. The molecule has 1 unspecified atom stereocenters. The minimum atomic E-state index is 0.274. The number of aryl methyl sites for hydroxylation is 1. The van der Waals surface area contributed by atoms with Gasteiger partial charge in [0.15, 0.2) is 0 Å². The van der Waals surface area contributed by atoms with Gasteiger partial charge in [-0.05, 0) is 39.2 Å². The highest BCUT2D eigenvalue weighted by Gasteiger charge is 2.32. The Morgan fingerprint density at radius 3 is 3.05 bits per heavy atom. The predicted molar refractivity (Wildman–Crippen MR) is 76.0 cm³/mol. The molecule has 2 heterocycles. The molecule has 0 aromatic carbocycles. The van der Waals surface area contributed by atoms with Gasteiger partial charge >= 0.3 is 0 Å². The van der Waals surface area contributed by atoms with Crippen molar-refractivity contribution in [1.82, 2.24) is 15.2 Å². The molecule has 0 bridgehead atoms. The van der Waals surface area contributed by atoms with Crippen molar-refractivity contribution in [3.63, 3.8) is 0 Å². The molecule has 1 aromatic heterocycles. The SMILES string of the molecule is Cc1nc(CN2CCCC(NC(=O)C3CC3)C2)cs1. The minimum absolute atomic E-state index is 0.274. The minimum Gasteiger partial charge on any atom is -0.352 e. The van der Waals surface area contributed by atoms with Gasteiger partial charge in [-0.25, -0.2) is 4.98 Å². The number of hydrogen-bond acceptors (Lipinski definition) is 4. The number of carbonyl (C=O) groups excluding carboxylic acids is 1. The van der Waals surface area contributed by atoms with E-state index in [-0.39, 0.29) is 5.91 Å². The molecule has 4 nitrogen and oxygen atoms in total. The van der Waals surface area contributed by atoms with Crippen LogP contribution in [0.15, 0.2) is 5.38 Å². The van der Waals surface area contributed by atoms with Gasteiger partial charge in [0.1, 0.15) is 0 Å². The number of piperidine rings is 1. The summed E-state index contributed by atoms with van der Waals surface area (Å²) in [5.41, 5.74) is 1.16. The van der Waals surface area contributed by atoms with Crippen LogP contribution in [0.1, 0.15) is 36.4 Å². The zero-order valence-corrected chi connectivity index (χ0v) is 12.2. The summed E-state index contributed by atoms with van der Waals surface area (Å²) >= 11 is 1.71. The molecule has 0 radical (unpaired) electrons. The molecular formula is C14H21N3OS. The van der Waals surface area contributed by atoms with Crippen molar-refractivity contribution in [2.24, 2.45) is 5.92 Å². The van der Waals surface area contributed by atoms with Crippen LogP contribution >= 0.6 is 11.3 Å². The second-order valence-electron chi connectivity index (χ2n) is 5.71. The van der Waals surface area contributed by atoms with Crippen molar-refractivity contribution in [3.8, 4) is 0 Å². The van der Waals surface area contributed by atoms with Gasteiger partial charge in [-0.1, -0.05) is 0 Å². The number of likely N-dealkylation sites (tertiary alicyclic amines) is 1. The maximum absolute atomic E-state index is 11.8. The van der Waals surface area contributed by atoms with Gasteiger partial charge in [0, 0.05) is 30.4 Å². The molecule has 5 heteroatoms. The number of amides is 1. The van der Waals surface area contributed by atoms with Gasteiger partial charge in [-0.15, -0.1) is 11.3 Å². The molecule has 3 rings (SSSR count). The Kier molecular flexibility index (Phi) is 3.84. The molecule has 19 heavy (non-hydrogen) atoms. The molecule has 1 saturated heterocycles. The molecule has 1 saturated carbocycles. The summed E-state index contributed by atoms with van der Waals surface area (Å²) in [5.74, 6) is 0.591. The third kappa shape index (κ3) is 3.54.